The Labute approximate surface area is 85.4 Å². The lowest BCUT2D eigenvalue weighted by Crippen LogP contribution is -1.98. The van der Waals surface area contributed by atoms with E-state index in [9.17, 15) is 0 Å². The zero-order chi connectivity index (χ0) is 10.6. The molecule has 0 aliphatic rings. The van der Waals surface area contributed by atoms with Crippen molar-refractivity contribution in [1.29, 1.82) is 0 Å². The van der Waals surface area contributed by atoms with E-state index in [-0.39, 0.29) is 0 Å². The van der Waals surface area contributed by atoms with Crippen LogP contribution in [0.2, 0.25) is 0 Å². The molecule has 2 heteroatoms. The largest absolute Gasteiger partial charge is 0.487 e. The van der Waals surface area contributed by atoms with Gasteiger partial charge in [0, 0.05) is 0 Å². The van der Waals surface area contributed by atoms with E-state index in [0.717, 1.165) is 11.3 Å². The minimum atomic E-state index is 0.579. The van der Waals surface area contributed by atoms with E-state index in [1.807, 2.05) is 45.0 Å². The number of hydrogen-bond donors (Lipinski definition) is 1. The molecule has 0 aliphatic heterocycles. The molecule has 0 unspecified atom stereocenters. The summed E-state index contributed by atoms with van der Waals surface area (Å²) in [5.41, 5.74) is 8.89. The van der Waals surface area contributed by atoms with E-state index in [1.165, 1.54) is 5.57 Å². The van der Waals surface area contributed by atoms with Crippen LogP contribution in [0.1, 0.15) is 19.4 Å². The normalized spacial score (nSPS) is 9.64. The summed E-state index contributed by atoms with van der Waals surface area (Å²) in [6, 6.07) is 5.82. The number of anilines is 1. The Morgan fingerprint density at radius 2 is 2.14 bits per heavy atom. The van der Waals surface area contributed by atoms with Crippen LogP contribution in [0, 0.1) is 6.92 Å². The van der Waals surface area contributed by atoms with Crippen LogP contribution in [0.15, 0.2) is 29.8 Å². The van der Waals surface area contributed by atoms with Gasteiger partial charge in [-0.2, -0.15) is 0 Å². The molecule has 0 aromatic heterocycles. The predicted octanol–water partition coefficient (Wildman–Crippen LogP) is 2.92. The third kappa shape index (κ3) is 3.13. The molecule has 0 atom stereocenters. The van der Waals surface area contributed by atoms with Gasteiger partial charge in [0.1, 0.15) is 12.4 Å². The van der Waals surface area contributed by atoms with Gasteiger partial charge in [0.2, 0.25) is 0 Å². The van der Waals surface area contributed by atoms with Crippen LogP contribution in [0.4, 0.5) is 5.69 Å². The third-order valence-corrected chi connectivity index (χ3v) is 1.90. The fourth-order valence-electron chi connectivity index (χ4n) is 1.10. The van der Waals surface area contributed by atoms with Crippen molar-refractivity contribution < 1.29 is 4.74 Å². The summed E-state index contributed by atoms with van der Waals surface area (Å²) in [7, 11) is 0. The average Bonchev–Trinajstić information content (AvgIpc) is 2.08. The Morgan fingerprint density at radius 1 is 1.43 bits per heavy atom. The van der Waals surface area contributed by atoms with Crippen molar-refractivity contribution in [1.82, 2.24) is 0 Å². The van der Waals surface area contributed by atoms with Crippen molar-refractivity contribution in [3.8, 4) is 5.75 Å². The summed E-state index contributed by atoms with van der Waals surface area (Å²) in [4.78, 5) is 0. The molecule has 0 bridgehead atoms. The number of rotatable bonds is 3. The van der Waals surface area contributed by atoms with E-state index in [4.69, 9.17) is 10.5 Å². The topological polar surface area (TPSA) is 35.2 Å². The lowest BCUT2D eigenvalue weighted by molar-refractivity contribution is 0.364. The van der Waals surface area contributed by atoms with Crippen LogP contribution in [-0.2, 0) is 0 Å². The van der Waals surface area contributed by atoms with Gasteiger partial charge in [0.15, 0.2) is 0 Å². The number of allylic oxidation sites excluding steroid dienone is 1. The molecule has 0 amide bonds. The van der Waals surface area contributed by atoms with Crippen LogP contribution in [0.25, 0.3) is 0 Å². The van der Waals surface area contributed by atoms with E-state index in [0.29, 0.717) is 12.3 Å². The maximum atomic E-state index is 5.79. The molecule has 2 nitrogen and oxygen atoms in total. The predicted molar refractivity (Wildman–Crippen MR) is 60.5 cm³/mol. The second-order valence-corrected chi connectivity index (χ2v) is 3.63. The van der Waals surface area contributed by atoms with Gasteiger partial charge in [-0.15, -0.1) is 0 Å². The summed E-state index contributed by atoms with van der Waals surface area (Å²) in [6.45, 7) is 6.68. The van der Waals surface area contributed by atoms with Crippen molar-refractivity contribution in [2.24, 2.45) is 0 Å². The molecule has 76 valence electrons. The molecule has 1 aromatic rings. The van der Waals surface area contributed by atoms with Gasteiger partial charge in [-0.1, -0.05) is 11.6 Å². The maximum absolute atomic E-state index is 5.79. The maximum Gasteiger partial charge on any atom is 0.142 e. The minimum Gasteiger partial charge on any atom is -0.487 e. The quantitative estimate of drug-likeness (QED) is 0.589. The second kappa shape index (κ2) is 4.70. The van der Waals surface area contributed by atoms with E-state index < -0.39 is 0 Å². The van der Waals surface area contributed by atoms with Crippen LogP contribution in [0.5, 0.6) is 5.75 Å². The molecule has 0 heterocycles. The second-order valence-electron chi connectivity index (χ2n) is 3.63. The van der Waals surface area contributed by atoms with Gasteiger partial charge < -0.3 is 10.5 Å². The van der Waals surface area contributed by atoms with Gasteiger partial charge in [-0.05, 0) is 44.5 Å². The summed E-state index contributed by atoms with van der Waals surface area (Å²) >= 11 is 0. The first-order chi connectivity index (χ1) is 6.59. The summed E-state index contributed by atoms with van der Waals surface area (Å²) < 4.78 is 5.50. The first kappa shape index (κ1) is 10.6. The zero-order valence-electron chi connectivity index (χ0n) is 9.00. The molecule has 0 radical (unpaired) electrons. The van der Waals surface area contributed by atoms with Crippen LogP contribution in [0.3, 0.4) is 0 Å². The third-order valence-electron chi connectivity index (χ3n) is 1.90. The highest BCUT2D eigenvalue weighted by Crippen LogP contribution is 2.21. The fraction of sp³-hybridized carbons (Fsp3) is 0.333. The highest BCUT2D eigenvalue weighted by Gasteiger charge is 1.98. The molecule has 0 aliphatic carbocycles. The lowest BCUT2D eigenvalue weighted by Gasteiger charge is -2.07. The van der Waals surface area contributed by atoms with Gasteiger partial charge in [0.25, 0.3) is 0 Å². The summed E-state index contributed by atoms with van der Waals surface area (Å²) in [6.07, 6.45) is 2.03. The highest BCUT2D eigenvalue weighted by molar-refractivity contribution is 5.54. The molecular formula is C12H17NO. The zero-order valence-corrected chi connectivity index (χ0v) is 9.00. The van der Waals surface area contributed by atoms with E-state index in [2.05, 4.69) is 0 Å². The molecule has 1 rings (SSSR count). The van der Waals surface area contributed by atoms with Crippen LogP contribution >= 0.6 is 0 Å². The molecule has 2 N–H and O–H groups in total. The number of nitrogen functional groups attached to an aromatic ring is 1. The SMILES string of the molecule is CC(C)=CCOc1ccc(C)cc1N. The molecule has 1 aromatic carbocycles. The first-order valence-corrected chi connectivity index (χ1v) is 4.72. The average molecular weight is 191 g/mol. The number of nitrogens with two attached hydrogens (primary N) is 1. The van der Waals surface area contributed by atoms with E-state index >= 15 is 0 Å². The van der Waals surface area contributed by atoms with Gasteiger partial charge in [-0.25, -0.2) is 0 Å². The minimum absolute atomic E-state index is 0.579. The van der Waals surface area contributed by atoms with Crippen molar-refractivity contribution in [3.05, 3.63) is 35.4 Å². The van der Waals surface area contributed by atoms with Gasteiger partial charge >= 0.3 is 0 Å². The van der Waals surface area contributed by atoms with E-state index in [1.54, 1.807) is 0 Å². The Balaban J connectivity index is 2.64. The smallest absolute Gasteiger partial charge is 0.142 e. The summed E-state index contributed by atoms with van der Waals surface area (Å²) in [5.74, 6) is 0.758. The Bertz CT molecular complexity index is 338. The first-order valence-electron chi connectivity index (χ1n) is 4.72. The molecule has 0 saturated carbocycles. The number of aryl methyl sites for hydroxylation is 1. The lowest BCUT2D eigenvalue weighted by atomic mass is 10.2. The molecular weight excluding hydrogens is 174 g/mol. The van der Waals surface area contributed by atoms with Crippen molar-refractivity contribution in [2.45, 2.75) is 20.8 Å². The molecule has 0 fully saturated rings. The van der Waals surface area contributed by atoms with Crippen molar-refractivity contribution >= 4 is 5.69 Å². The Kier molecular flexibility index (Phi) is 3.57. The highest BCUT2D eigenvalue weighted by atomic mass is 16.5. The Hall–Kier alpha value is -1.44. The van der Waals surface area contributed by atoms with Crippen molar-refractivity contribution in [2.75, 3.05) is 12.3 Å². The van der Waals surface area contributed by atoms with Gasteiger partial charge in [-0.3, -0.25) is 0 Å². The number of hydrogen-bond acceptors (Lipinski definition) is 2. The molecule has 0 spiro atoms. The molecule has 0 saturated heterocycles. The Morgan fingerprint density at radius 3 is 2.71 bits per heavy atom. The van der Waals surface area contributed by atoms with Crippen LogP contribution in [-0.4, -0.2) is 6.61 Å². The number of ether oxygens (including phenoxy) is 1. The van der Waals surface area contributed by atoms with Gasteiger partial charge in [0.05, 0.1) is 5.69 Å². The number of benzene rings is 1. The summed E-state index contributed by atoms with van der Waals surface area (Å²) in [5, 5.41) is 0. The van der Waals surface area contributed by atoms with Crippen LogP contribution < -0.4 is 10.5 Å². The van der Waals surface area contributed by atoms with Crippen molar-refractivity contribution in [3.63, 3.8) is 0 Å². The fourth-order valence-corrected chi connectivity index (χ4v) is 1.10. The standard InChI is InChI=1S/C12H17NO/c1-9(2)6-7-14-12-5-4-10(3)8-11(12)13/h4-6,8H,7,13H2,1-3H3. The monoisotopic (exact) mass is 191 g/mol. The molecule has 14 heavy (non-hydrogen) atoms.